The van der Waals surface area contributed by atoms with Gasteiger partial charge in [-0.15, -0.1) is 0 Å². The first kappa shape index (κ1) is 18.9. The molecule has 10 nitrogen and oxygen atoms in total. The summed E-state index contributed by atoms with van der Waals surface area (Å²) in [5.74, 6) is 4.72. The maximum Gasteiger partial charge on any atom is 0.332 e. The Labute approximate surface area is 163 Å². The number of amides is 1. The Kier molecular flexibility index (Phi) is 4.46. The summed E-state index contributed by atoms with van der Waals surface area (Å²) >= 11 is 0. The predicted molar refractivity (Wildman–Crippen MR) is 104 cm³/mol. The van der Waals surface area contributed by atoms with Gasteiger partial charge in [-0.25, -0.2) is 19.6 Å². The fourth-order valence-electron chi connectivity index (χ4n) is 3.67. The zero-order valence-corrected chi connectivity index (χ0v) is 15.9. The van der Waals surface area contributed by atoms with Crippen molar-refractivity contribution in [3.05, 3.63) is 50.9 Å². The third kappa shape index (κ3) is 2.99. The number of anilines is 2. The highest BCUT2D eigenvalue weighted by atomic mass is 19.1. The van der Waals surface area contributed by atoms with Gasteiger partial charge in [0.25, 0.3) is 11.5 Å². The van der Waals surface area contributed by atoms with Crippen LogP contribution in [0.3, 0.4) is 0 Å². The van der Waals surface area contributed by atoms with Gasteiger partial charge in [0.2, 0.25) is 5.95 Å². The highest BCUT2D eigenvalue weighted by molar-refractivity contribution is 5.78. The van der Waals surface area contributed by atoms with Gasteiger partial charge in [0.05, 0.1) is 0 Å². The minimum atomic E-state index is -0.664. The molecule has 1 aliphatic rings. The zero-order valence-electron chi connectivity index (χ0n) is 15.9. The van der Waals surface area contributed by atoms with Crippen LogP contribution >= 0.6 is 0 Å². The standard InChI is InChI=1S/C18H20FN7O3/c1-10-7-24(12-5-3-11(19)4-6-12)17-21-15-14(25(17)8-10)16(28)26(9-13(27)22-20)18(29)23(15)2/h3-6,10H,7-9,20H2,1-2H3,(H,22,27)/t10-/m0/s1. The van der Waals surface area contributed by atoms with Crippen molar-refractivity contribution in [2.45, 2.75) is 20.0 Å². The Balaban J connectivity index is 1.97. The number of nitrogens with zero attached hydrogens (tertiary/aromatic N) is 5. The highest BCUT2D eigenvalue weighted by Crippen LogP contribution is 2.32. The summed E-state index contributed by atoms with van der Waals surface area (Å²) in [4.78, 5) is 43.8. The van der Waals surface area contributed by atoms with E-state index in [4.69, 9.17) is 5.84 Å². The van der Waals surface area contributed by atoms with E-state index in [0.29, 0.717) is 19.0 Å². The quantitative estimate of drug-likeness (QED) is 0.357. The topological polar surface area (TPSA) is 120 Å². The van der Waals surface area contributed by atoms with E-state index in [0.717, 1.165) is 10.3 Å². The van der Waals surface area contributed by atoms with Gasteiger partial charge in [-0.3, -0.25) is 19.6 Å². The predicted octanol–water partition coefficient (Wildman–Crippen LogP) is -0.186. The Bertz CT molecular complexity index is 1230. The van der Waals surface area contributed by atoms with Gasteiger partial charge < -0.3 is 9.47 Å². The number of aromatic nitrogens is 4. The third-order valence-electron chi connectivity index (χ3n) is 5.04. The van der Waals surface area contributed by atoms with Gasteiger partial charge in [0, 0.05) is 25.8 Å². The number of rotatable bonds is 3. The normalized spacial score (nSPS) is 16.1. The van der Waals surface area contributed by atoms with E-state index >= 15 is 0 Å². The van der Waals surface area contributed by atoms with Crippen LogP contribution < -0.4 is 27.4 Å². The lowest BCUT2D eigenvalue weighted by Gasteiger charge is -2.32. The molecule has 1 aromatic carbocycles. The van der Waals surface area contributed by atoms with Gasteiger partial charge in [0.15, 0.2) is 11.2 Å². The van der Waals surface area contributed by atoms with Crippen molar-refractivity contribution in [2.75, 3.05) is 11.4 Å². The molecule has 1 atom stereocenters. The highest BCUT2D eigenvalue weighted by Gasteiger charge is 2.30. The van der Waals surface area contributed by atoms with Crippen LogP contribution in [0.2, 0.25) is 0 Å². The lowest BCUT2D eigenvalue weighted by atomic mass is 10.1. The second kappa shape index (κ2) is 6.85. The summed E-state index contributed by atoms with van der Waals surface area (Å²) in [5.41, 5.74) is 1.82. The number of hydrogen-bond donors (Lipinski definition) is 2. The lowest BCUT2D eigenvalue weighted by Crippen LogP contribution is -2.45. The monoisotopic (exact) mass is 401 g/mol. The van der Waals surface area contributed by atoms with Crippen molar-refractivity contribution in [1.29, 1.82) is 0 Å². The molecule has 0 unspecified atom stereocenters. The van der Waals surface area contributed by atoms with Crippen LogP contribution in [-0.2, 0) is 24.9 Å². The number of aryl methyl sites for hydroxylation is 1. The smallest absolute Gasteiger partial charge is 0.312 e. The Hall–Kier alpha value is -3.47. The lowest BCUT2D eigenvalue weighted by molar-refractivity contribution is -0.121. The number of imidazole rings is 1. The molecule has 3 N–H and O–H groups in total. The molecular weight excluding hydrogens is 381 g/mol. The van der Waals surface area contributed by atoms with Crippen molar-refractivity contribution in [1.82, 2.24) is 24.1 Å². The van der Waals surface area contributed by atoms with E-state index in [9.17, 15) is 18.8 Å². The minimum Gasteiger partial charge on any atom is -0.312 e. The summed E-state index contributed by atoms with van der Waals surface area (Å²) in [6.07, 6.45) is 0. The summed E-state index contributed by atoms with van der Waals surface area (Å²) in [6.45, 7) is 2.66. The van der Waals surface area contributed by atoms with Crippen molar-refractivity contribution in [2.24, 2.45) is 18.8 Å². The van der Waals surface area contributed by atoms with Crippen molar-refractivity contribution >= 4 is 28.7 Å². The first-order valence-electron chi connectivity index (χ1n) is 9.04. The number of nitrogens with one attached hydrogen (secondary N) is 1. The van der Waals surface area contributed by atoms with Crippen LogP contribution in [0.15, 0.2) is 33.9 Å². The average molecular weight is 401 g/mol. The van der Waals surface area contributed by atoms with Gasteiger partial charge in [-0.05, 0) is 30.2 Å². The number of hydrogen-bond acceptors (Lipinski definition) is 6. The maximum atomic E-state index is 13.4. The summed E-state index contributed by atoms with van der Waals surface area (Å²) in [6, 6.07) is 5.99. The second-order valence-corrected chi connectivity index (χ2v) is 7.19. The Morgan fingerprint density at radius 1 is 1.28 bits per heavy atom. The molecule has 3 heterocycles. The molecule has 2 aromatic heterocycles. The number of halogens is 1. The summed E-state index contributed by atoms with van der Waals surface area (Å²) in [5, 5.41) is 0. The maximum absolute atomic E-state index is 13.4. The molecule has 0 spiro atoms. The molecule has 3 aromatic rings. The molecule has 152 valence electrons. The molecule has 0 aliphatic carbocycles. The first-order chi connectivity index (χ1) is 13.8. The van der Waals surface area contributed by atoms with Crippen molar-refractivity contribution in [3.8, 4) is 0 Å². The van der Waals surface area contributed by atoms with Crippen molar-refractivity contribution in [3.63, 3.8) is 0 Å². The van der Waals surface area contributed by atoms with E-state index in [1.807, 2.05) is 17.2 Å². The number of nitrogens with two attached hydrogens (primary N) is 1. The number of benzene rings is 1. The molecule has 29 heavy (non-hydrogen) atoms. The molecule has 11 heteroatoms. The Morgan fingerprint density at radius 2 is 1.97 bits per heavy atom. The van der Waals surface area contributed by atoms with Gasteiger partial charge in [-0.2, -0.15) is 4.98 Å². The molecule has 0 saturated carbocycles. The second-order valence-electron chi connectivity index (χ2n) is 7.19. The minimum absolute atomic E-state index is 0.155. The molecule has 0 fully saturated rings. The molecule has 0 radical (unpaired) electrons. The number of carbonyl (C=O) groups excluding carboxylic acids is 1. The first-order valence-corrected chi connectivity index (χ1v) is 9.04. The molecule has 1 aliphatic heterocycles. The van der Waals surface area contributed by atoms with Crippen LogP contribution in [0.25, 0.3) is 11.2 Å². The molecule has 1 amide bonds. The average Bonchev–Trinajstić information content (AvgIpc) is 3.09. The number of fused-ring (bicyclic) bond motifs is 3. The van der Waals surface area contributed by atoms with Gasteiger partial charge >= 0.3 is 5.69 Å². The van der Waals surface area contributed by atoms with Crippen molar-refractivity contribution < 1.29 is 9.18 Å². The van der Waals surface area contributed by atoms with E-state index in [-0.39, 0.29) is 22.9 Å². The van der Waals surface area contributed by atoms with Crippen LogP contribution in [0.5, 0.6) is 0 Å². The van der Waals surface area contributed by atoms with Crippen LogP contribution in [0.1, 0.15) is 6.92 Å². The summed E-state index contributed by atoms with van der Waals surface area (Å²) < 4.78 is 17.2. The SMILES string of the molecule is C[C@H]1CN(c2ccc(F)cc2)c2nc3c(c(=O)n(CC(=O)NN)c(=O)n3C)n2C1. The van der Waals surface area contributed by atoms with E-state index in [2.05, 4.69) is 4.98 Å². The Morgan fingerprint density at radius 3 is 2.62 bits per heavy atom. The third-order valence-corrected chi connectivity index (χ3v) is 5.04. The largest absolute Gasteiger partial charge is 0.332 e. The molecule has 4 rings (SSSR count). The molecule has 0 bridgehead atoms. The van der Waals surface area contributed by atoms with Crippen LogP contribution in [-0.4, -0.2) is 31.1 Å². The van der Waals surface area contributed by atoms with E-state index in [1.54, 1.807) is 16.7 Å². The van der Waals surface area contributed by atoms with Crippen LogP contribution in [0, 0.1) is 11.7 Å². The fraction of sp³-hybridized carbons (Fsp3) is 0.333. The summed E-state index contributed by atoms with van der Waals surface area (Å²) in [7, 11) is 1.49. The van der Waals surface area contributed by atoms with Gasteiger partial charge in [-0.1, -0.05) is 6.92 Å². The number of carbonyl (C=O) groups is 1. The number of hydrazine groups is 1. The van der Waals surface area contributed by atoms with E-state index < -0.39 is 23.7 Å². The fourth-order valence-corrected chi connectivity index (χ4v) is 3.67. The molecule has 0 saturated heterocycles. The van der Waals surface area contributed by atoms with Crippen LogP contribution in [0.4, 0.5) is 16.0 Å². The zero-order chi connectivity index (χ0) is 20.9. The van der Waals surface area contributed by atoms with E-state index in [1.165, 1.54) is 23.7 Å². The van der Waals surface area contributed by atoms with Gasteiger partial charge in [0.1, 0.15) is 12.4 Å². The molecular formula is C18H20FN7O3.